The maximum Gasteiger partial charge on any atom is 0.191 e. The van der Waals surface area contributed by atoms with Gasteiger partial charge in [-0.05, 0) is 43.2 Å². The van der Waals surface area contributed by atoms with Gasteiger partial charge in [-0.25, -0.2) is 0 Å². The Bertz CT molecular complexity index is 428. The summed E-state index contributed by atoms with van der Waals surface area (Å²) in [4.78, 5) is 4.41. The van der Waals surface area contributed by atoms with Crippen LogP contribution >= 0.6 is 0 Å². The standard InChI is InChI=1S/C15H21N3/c1-11-10-17-15(18-11)16-7-6-12-8-13-4-2-3-5-14(13)9-12/h2-5,11-12H,6-10H2,1H3,(H2,16,17,18). The largest absolute Gasteiger partial charge is 0.356 e. The molecule has 1 aliphatic carbocycles. The number of hydrogen-bond donors (Lipinski definition) is 2. The van der Waals surface area contributed by atoms with Gasteiger partial charge in [-0.1, -0.05) is 24.3 Å². The Balaban J connectivity index is 1.43. The summed E-state index contributed by atoms with van der Waals surface area (Å²) < 4.78 is 0. The highest BCUT2D eigenvalue weighted by atomic mass is 15.2. The fraction of sp³-hybridized carbons (Fsp3) is 0.533. The van der Waals surface area contributed by atoms with Gasteiger partial charge in [0.05, 0.1) is 6.54 Å². The fourth-order valence-corrected chi connectivity index (χ4v) is 2.91. The van der Waals surface area contributed by atoms with Gasteiger partial charge >= 0.3 is 0 Å². The molecule has 1 aliphatic heterocycles. The molecule has 1 aromatic rings. The van der Waals surface area contributed by atoms with E-state index in [4.69, 9.17) is 0 Å². The number of aliphatic imine (C=N–C) groups is 1. The molecule has 0 aromatic heterocycles. The second-order valence-electron chi connectivity index (χ2n) is 5.49. The Morgan fingerprint density at radius 1 is 1.28 bits per heavy atom. The van der Waals surface area contributed by atoms with E-state index >= 15 is 0 Å². The van der Waals surface area contributed by atoms with Crippen LogP contribution in [0.4, 0.5) is 0 Å². The molecule has 0 saturated heterocycles. The Labute approximate surface area is 109 Å². The van der Waals surface area contributed by atoms with E-state index in [0.29, 0.717) is 6.04 Å². The third-order valence-electron chi connectivity index (χ3n) is 3.89. The van der Waals surface area contributed by atoms with Crippen LogP contribution < -0.4 is 10.6 Å². The topological polar surface area (TPSA) is 36.4 Å². The Hall–Kier alpha value is -1.51. The molecule has 2 aliphatic rings. The lowest BCUT2D eigenvalue weighted by Crippen LogP contribution is -2.38. The zero-order chi connectivity index (χ0) is 12.4. The Kier molecular flexibility index (Phi) is 3.22. The summed E-state index contributed by atoms with van der Waals surface area (Å²) in [5.74, 6) is 1.78. The van der Waals surface area contributed by atoms with E-state index < -0.39 is 0 Å². The summed E-state index contributed by atoms with van der Waals surface area (Å²) in [6.07, 6.45) is 3.71. The molecule has 3 nitrogen and oxygen atoms in total. The van der Waals surface area contributed by atoms with Crippen molar-refractivity contribution in [3.05, 3.63) is 35.4 Å². The quantitative estimate of drug-likeness (QED) is 0.848. The number of nitrogens with one attached hydrogen (secondary N) is 2. The minimum absolute atomic E-state index is 0.489. The van der Waals surface area contributed by atoms with Crippen molar-refractivity contribution in [3.8, 4) is 0 Å². The van der Waals surface area contributed by atoms with Crippen molar-refractivity contribution in [2.45, 2.75) is 32.2 Å². The number of fused-ring (bicyclic) bond motifs is 1. The molecule has 96 valence electrons. The van der Waals surface area contributed by atoms with Gasteiger partial charge in [0.1, 0.15) is 0 Å². The summed E-state index contributed by atoms with van der Waals surface area (Å²) >= 11 is 0. The van der Waals surface area contributed by atoms with E-state index in [1.165, 1.54) is 19.3 Å². The summed E-state index contributed by atoms with van der Waals surface area (Å²) in [6.45, 7) is 4.08. The highest BCUT2D eigenvalue weighted by molar-refractivity contribution is 5.81. The van der Waals surface area contributed by atoms with Crippen molar-refractivity contribution >= 4 is 5.96 Å². The second-order valence-corrected chi connectivity index (χ2v) is 5.49. The zero-order valence-corrected chi connectivity index (χ0v) is 10.9. The predicted octanol–water partition coefficient (Wildman–Crippen LogP) is 1.73. The smallest absolute Gasteiger partial charge is 0.191 e. The molecule has 0 fully saturated rings. The lowest BCUT2D eigenvalue weighted by atomic mass is 10.0. The van der Waals surface area contributed by atoms with Crippen LogP contribution in [-0.4, -0.2) is 25.1 Å². The molecule has 2 N–H and O–H groups in total. The highest BCUT2D eigenvalue weighted by Gasteiger charge is 2.20. The first-order valence-corrected chi connectivity index (χ1v) is 6.93. The maximum atomic E-state index is 4.41. The van der Waals surface area contributed by atoms with Crippen LogP contribution in [0.25, 0.3) is 0 Å². The zero-order valence-electron chi connectivity index (χ0n) is 10.9. The average Bonchev–Trinajstić information content (AvgIpc) is 2.95. The Morgan fingerprint density at radius 3 is 2.61 bits per heavy atom. The first kappa shape index (κ1) is 11.6. The summed E-state index contributed by atoms with van der Waals surface area (Å²) in [7, 11) is 0. The first-order chi connectivity index (χ1) is 8.81. The van der Waals surface area contributed by atoms with Crippen LogP contribution in [0.15, 0.2) is 29.3 Å². The molecule has 1 atom stereocenters. The first-order valence-electron chi connectivity index (χ1n) is 6.93. The number of hydrogen-bond acceptors (Lipinski definition) is 3. The van der Waals surface area contributed by atoms with Crippen molar-refractivity contribution in [2.24, 2.45) is 10.9 Å². The van der Waals surface area contributed by atoms with E-state index in [9.17, 15) is 0 Å². The number of rotatable bonds is 3. The second kappa shape index (κ2) is 5.01. The number of guanidine groups is 1. The highest BCUT2D eigenvalue weighted by Crippen LogP contribution is 2.28. The maximum absolute atomic E-state index is 4.41. The van der Waals surface area contributed by atoms with Crippen molar-refractivity contribution in [1.29, 1.82) is 0 Å². The van der Waals surface area contributed by atoms with Gasteiger partial charge in [-0.15, -0.1) is 0 Å². The molecule has 1 aromatic carbocycles. The Morgan fingerprint density at radius 2 is 2.00 bits per heavy atom. The molecular formula is C15H21N3. The van der Waals surface area contributed by atoms with Crippen molar-refractivity contribution < 1.29 is 0 Å². The van der Waals surface area contributed by atoms with Gasteiger partial charge in [0.25, 0.3) is 0 Å². The van der Waals surface area contributed by atoms with Crippen LogP contribution in [0.3, 0.4) is 0 Å². The molecular weight excluding hydrogens is 222 g/mol. The van der Waals surface area contributed by atoms with Crippen molar-refractivity contribution in [2.75, 3.05) is 13.1 Å². The van der Waals surface area contributed by atoms with Gasteiger partial charge in [0, 0.05) is 12.6 Å². The molecule has 3 heteroatoms. The molecule has 1 heterocycles. The van der Waals surface area contributed by atoms with Gasteiger partial charge in [-0.2, -0.15) is 0 Å². The van der Waals surface area contributed by atoms with Crippen LogP contribution in [-0.2, 0) is 12.8 Å². The van der Waals surface area contributed by atoms with Crippen LogP contribution in [0, 0.1) is 5.92 Å². The minimum atomic E-state index is 0.489. The van der Waals surface area contributed by atoms with Gasteiger partial charge in [-0.3, -0.25) is 4.99 Å². The van der Waals surface area contributed by atoms with Gasteiger partial charge < -0.3 is 10.6 Å². The number of nitrogens with zero attached hydrogens (tertiary/aromatic N) is 1. The summed E-state index contributed by atoms with van der Waals surface area (Å²) in [6, 6.07) is 9.33. The van der Waals surface area contributed by atoms with Crippen molar-refractivity contribution in [3.63, 3.8) is 0 Å². The fourth-order valence-electron chi connectivity index (χ4n) is 2.91. The van der Waals surface area contributed by atoms with Crippen molar-refractivity contribution in [1.82, 2.24) is 10.6 Å². The van der Waals surface area contributed by atoms with E-state index in [1.54, 1.807) is 11.1 Å². The van der Waals surface area contributed by atoms with Crippen LogP contribution in [0.2, 0.25) is 0 Å². The van der Waals surface area contributed by atoms with E-state index in [-0.39, 0.29) is 0 Å². The predicted molar refractivity (Wildman–Crippen MR) is 74.9 cm³/mol. The summed E-state index contributed by atoms with van der Waals surface area (Å²) in [5, 5.41) is 6.74. The molecule has 0 radical (unpaired) electrons. The lowest BCUT2D eigenvalue weighted by molar-refractivity contribution is 0.508. The van der Waals surface area contributed by atoms with Crippen LogP contribution in [0.5, 0.6) is 0 Å². The minimum Gasteiger partial charge on any atom is -0.356 e. The number of benzene rings is 1. The molecule has 0 spiro atoms. The van der Waals surface area contributed by atoms with Gasteiger partial charge in [0.2, 0.25) is 0 Å². The molecule has 18 heavy (non-hydrogen) atoms. The van der Waals surface area contributed by atoms with E-state index in [0.717, 1.165) is 25.0 Å². The molecule has 0 amide bonds. The summed E-state index contributed by atoms with van der Waals surface area (Å²) in [5.41, 5.74) is 3.10. The third-order valence-corrected chi connectivity index (χ3v) is 3.89. The van der Waals surface area contributed by atoms with E-state index in [2.05, 4.69) is 46.8 Å². The molecule has 0 saturated carbocycles. The lowest BCUT2D eigenvalue weighted by Gasteiger charge is -2.12. The van der Waals surface area contributed by atoms with Gasteiger partial charge in [0.15, 0.2) is 5.96 Å². The molecule has 0 bridgehead atoms. The molecule has 1 unspecified atom stereocenters. The molecule has 3 rings (SSSR count). The van der Waals surface area contributed by atoms with Crippen LogP contribution in [0.1, 0.15) is 24.5 Å². The third kappa shape index (κ3) is 2.50. The normalized spacial score (nSPS) is 22.5. The average molecular weight is 243 g/mol. The monoisotopic (exact) mass is 243 g/mol. The SMILES string of the molecule is CC1CN=C(NCCC2Cc3ccccc3C2)N1. The van der Waals surface area contributed by atoms with E-state index in [1.807, 2.05) is 0 Å².